The van der Waals surface area contributed by atoms with Gasteiger partial charge in [0.15, 0.2) is 0 Å². The Balaban J connectivity index is 1.95. The highest BCUT2D eigenvalue weighted by atomic mass is 32.1. The van der Waals surface area contributed by atoms with E-state index in [9.17, 15) is 0 Å². The molecule has 0 aliphatic rings. The summed E-state index contributed by atoms with van der Waals surface area (Å²) in [5.74, 6) is 0.689. The Kier molecular flexibility index (Phi) is 3.70. The minimum atomic E-state index is 0.172. The zero-order valence-corrected chi connectivity index (χ0v) is 10.9. The Morgan fingerprint density at radius 2 is 2.41 bits per heavy atom. The second-order valence-electron chi connectivity index (χ2n) is 3.71. The minimum Gasteiger partial charge on any atom is -0.480 e. The van der Waals surface area contributed by atoms with Gasteiger partial charge in [-0.1, -0.05) is 0 Å². The van der Waals surface area contributed by atoms with Crippen molar-refractivity contribution in [1.82, 2.24) is 24.7 Å². The average Bonchev–Trinajstić information content (AvgIpc) is 2.94. The zero-order valence-electron chi connectivity index (χ0n) is 10.0. The van der Waals surface area contributed by atoms with Gasteiger partial charge in [-0.25, -0.2) is 0 Å². The lowest BCUT2D eigenvalue weighted by atomic mass is 10.2. The summed E-state index contributed by atoms with van der Waals surface area (Å²) in [4.78, 5) is 1.55. The van der Waals surface area contributed by atoms with Gasteiger partial charge in [-0.2, -0.15) is 19.4 Å². The van der Waals surface area contributed by atoms with Crippen LogP contribution in [0.15, 0.2) is 11.6 Å². The van der Waals surface area contributed by atoms with Crippen LogP contribution in [0, 0.1) is 0 Å². The summed E-state index contributed by atoms with van der Waals surface area (Å²) in [7, 11) is 3.44. The lowest BCUT2D eigenvalue weighted by Crippen LogP contribution is -2.18. The highest BCUT2D eigenvalue weighted by molar-refractivity contribution is 7.03. The molecule has 92 valence electrons. The van der Waals surface area contributed by atoms with Crippen molar-refractivity contribution in [1.29, 1.82) is 0 Å². The first-order chi connectivity index (χ1) is 8.20. The highest BCUT2D eigenvalue weighted by Crippen LogP contribution is 2.25. The fourth-order valence-corrected chi connectivity index (χ4v) is 2.26. The van der Waals surface area contributed by atoms with Crippen LogP contribution < -0.4 is 10.1 Å². The van der Waals surface area contributed by atoms with Gasteiger partial charge in [0.2, 0.25) is 5.88 Å². The molecular weight excluding hydrogens is 238 g/mol. The van der Waals surface area contributed by atoms with Gasteiger partial charge in [-0.05, 0) is 18.5 Å². The fraction of sp³-hybridized carbons (Fsp3) is 0.500. The second-order valence-corrected chi connectivity index (χ2v) is 4.34. The molecule has 0 fully saturated rings. The largest absolute Gasteiger partial charge is 0.480 e. The summed E-state index contributed by atoms with van der Waals surface area (Å²) in [6, 6.07) is 0.172. The number of aromatic nitrogens is 4. The lowest BCUT2D eigenvalue weighted by molar-refractivity contribution is 0.390. The van der Waals surface area contributed by atoms with Crippen LogP contribution in [0.25, 0.3) is 0 Å². The third-order valence-corrected chi connectivity index (χ3v) is 3.09. The SMILES string of the molecule is COc1nscc1C(C)NCc1cnn(C)n1. The quantitative estimate of drug-likeness (QED) is 0.865. The van der Waals surface area contributed by atoms with Crippen LogP contribution in [-0.2, 0) is 13.6 Å². The topological polar surface area (TPSA) is 64.9 Å². The van der Waals surface area contributed by atoms with Crippen molar-refractivity contribution in [3.8, 4) is 5.88 Å². The molecule has 0 saturated heterocycles. The number of aryl methyl sites for hydroxylation is 1. The molecule has 17 heavy (non-hydrogen) atoms. The molecule has 0 aromatic carbocycles. The zero-order chi connectivity index (χ0) is 12.3. The van der Waals surface area contributed by atoms with Crippen LogP contribution in [0.4, 0.5) is 0 Å². The predicted octanol–water partition coefficient (Wildman–Crippen LogP) is 1.13. The van der Waals surface area contributed by atoms with E-state index in [4.69, 9.17) is 4.74 Å². The first-order valence-electron chi connectivity index (χ1n) is 5.27. The molecule has 1 atom stereocenters. The molecule has 1 unspecified atom stereocenters. The fourth-order valence-electron chi connectivity index (χ4n) is 1.51. The van der Waals surface area contributed by atoms with Gasteiger partial charge >= 0.3 is 0 Å². The number of hydrogen-bond donors (Lipinski definition) is 1. The molecule has 2 aromatic heterocycles. The standard InChI is InChI=1S/C10H15N5OS/c1-7(9-6-17-14-10(9)16-3)11-4-8-5-12-15(2)13-8/h5-7,11H,4H2,1-3H3. The van der Waals surface area contributed by atoms with Crippen molar-refractivity contribution >= 4 is 11.5 Å². The van der Waals surface area contributed by atoms with E-state index in [0.29, 0.717) is 12.4 Å². The summed E-state index contributed by atoms with van der Waals surface area (Å²) < 4.78 is 9.35. The predicted molar refractivity (Wildman–Crippen MR) is 64.9 cm³/mol. The van der Waals surface area contributed by atoms with Gasteiger partial charge in [0.1, 0.15) is 0 Å². The van der Waals surface area contributed by atoms with E-state index in [2.05, 4.69) is 26.8 Å². The van der Waals surface area contributed by atoms with Crippen LogP contribution in [-0.4, -0.2) is 26.5 Å². The molecule has 1 N–H and O–H groups in total. The Morgan fingerprint density at radius 3 is 3.06 bits per heavy atom. The molecule has 6 nitrogen and oxygen atoms in total. The normalized spacial score (nSPS) is 12.6. The average molecular weight is 253 g/mol. The Labute approximate surface area is 104 Å². The first kappa shape index (κ1) is 12.0. The van der Waals surface area contributed by atoms with E-state index in [-0.39, 0.29) is 6.04 Å². The molecule has 7 heteroatoms. The van der Waals surface area contributed by atoms with Crippen LogP contribution in [0.3, 0.4) is 0 Å². The third-order valence-electron chi connectivity index (χ3n) is 2.46. The summed E-state index contributed by atoms with van der Waals surface area (Å²) in [6.45, 7) is 2.75. The Hall–Kier alpha value is -1.47. The van der Waals surface area contributed by atoms with Crippen molar-refractivity contribution in [3.63, 3.8) is 0 Å². The van der Waals surface area contributed by atoms with Crippen molar-refractivity contribution in [2.75, 3.05) is 7.11 Å². The first-order valence-corrected chi connectivity index (χ1v) is 6.11. The molecule has 0 amide bonds. The summed E-state index contributed by atoms with van der Waals surface area (Å²) in [6.07, 6.45) is 1.75. The molecule has 0 radical (unpaired) electrons. The van der Waals surface area contributed by atoms with Gasteiger partial charge in [0.25, 0.3) is 0 Å². The summed E-state index contributed by atoms with van der Waals surface area (Å²) >= 11 is 1.40. The molecule has 0 bridgehead atoms. The van der Waals surface area contributed by atoms with Crippen LogP contribution in [0.5, 0.6) is 5.88 Å². The molecular formula is C10H15N5OS. The lowest BCUT2D eigenvalue weighted by Gasteiger charge is -2.12. The van der Waals surface area contributed by atoms with Gasteiger partial charge in [0.05, 0.1) is 19.0 Å². The number of methoxy groups -OCH3 is 1. The van der Waals surface area contributed by atoms with E-state index < -0.39 is 0 Å². The van der Waals surface area contributed by atoms with E-state index >= 15 is 0 Å². The van der Waals surface area contributed by atoms with Gasteiger partial charge in [-0.15, -0.1) is 0 Å². The minimum absolute atomic E-state index is 0.172. The molecule has 2 heterocycles. The van der Waals surface area contributed by atoms with Crippen molar-refractivity contribution in [2.45, 2.75) is 19.5 Å². The Morgan fingerprint density at radius 1 is 1.59 bits per heavy atom. The maximum atomic E-state index is 5.19. The summed E-state index contributed by atoms with van der Waals surface area (Å²) in [5.41, 5.74) is 1.99. The summed E-state index contributed by atoms with van der Waals surface area (Å²) in [5, 5.41) is 13.6. The molecule has 2 aromatic rings. The number of hydrogen-bond acceptors (Lipinski definition) is 6. The molecule has 0 aliphatic carbocycles. The number of nitrogens with one attached hydrogen (secondary N) is 1. The van der Waals surface area contributed by atoms with Crippen LogP contribution in [0.1, 0.15) is 24.2 Å². The number of nitrogens with zero attached hydrogens (tertiary/aromatic N) is 4. The van der Waals surface area contributed by atoms with E-state index in [1.54, 1.807) is 25.2 Å². The number of rotatable bonds is 5. The van der Waals surface area contributed by atoms with Gasteiger partial charge < -0.3 is 10.1 Å². The molecule has 0 saturated carbocycles. The second kappa shape index (κ2) is 5.24. The molecule has 0 aliphatic heterocycles. The van der Waals surface area contributed by atoms with Gasteiger partial charge in [0, 0.05) is 30.6 Å². The smallest absolute Gasteiger partial charge is 0.229 e. The van der Waals surface area contributed by atoms with Crippen molar-refractivity contribution in [3.05, 3.63) is 22.8 Å². The Bertz CT molecular complexity index is 481. The van der Waals surface area contributed by atoms with Crippen molar-refractivity contribution in [2.24, 2.45) is 7.05 Å². The van der Waals surface area contributed by atoms with Crippen LogP contribution >= 0.6 is 11.5 Å². The number of ether oxygens (including phenoxy) is 1. The van der Waals surface area contributed by atoms with E-state index in [0.717, 1.165) is 11.3 Å². The van der Waals surface area contributed by atoms with Crippen LogP contribution in [0.2, 0.25) is 0 Å². The monoisotopic (exact) mass is 253 g/mol. The highest BCUT2D eigenvalue weighted by Gasteiger charge is 2.13. The molecule has 0 spiro atoms. The maximum Gasteiger partial charge on any atom is 0.229 e. The van der Waals surface area contributed by atoms with E-state index in [1.165, 1.54) is 11.5 Å². The molecule has 2 rings (SSSR count). The maximum absolute atomic E-state index is 5.19. The third kappa shape index (κ3) is 2.80. The van der Waals surface area contributed by atoms with E-state index in [1.807, 2.05) is 5.38 Å². The van der Waals surface area contributed by atoms with Gasteiger partial charge in [-0.3, -0.25) is 0 Å². The van der Waals surface area contributed by atoms with Crippen molar-refractivity contribution < 1.29 is 4.74 Å².